The van der Waals surface area contributed by atoms with Gasteiger partial charge in [0.05, 0.1) is 17.9 Å². The average molecular weight is 472 g/mol. The number of nitrogens with one attached hydrogen (secondary N) is 1. The second-order valence-electron chi connectivity index (χ2n) is 9.39. The van der Waals surface area contributed by atoms with E-state index in [0.717, 1.165) is 0 Å². The van der Waals surface area contributed by atoms with Crippen molar-refractivity contribution in [1.82, 2.24) is 14.8 Å². The van der Waals surface area contributed by atoms with Crippen LogP contribution in [0.2, 0.25) is 0 Å². The van der Waals surface area contributed by atoms with Crippen LogP contribution >= 0.6 is 0 Å². The third-order valence-corrected chi connectivity index (χ3v) is 5.45. The Morgan fingerprint density at radius 1 is 1.15 bits per heavy atom. The second-order valence-corrected chi connectivity index (χ2v) is 9.39. The number of hydrogen-bond donors (Lipinski definition) is 2. The Kier molecular flexibility index (Phi) is 7.09. The van der Waals surface area contributed by atoms with Gasteiger partial charge in [-0.15, -0.1) is 0 Å². The quantitative estimate of drug-likeness (QED) is 0.649. The predicted molar refractivity (Wildman–Crippen MR) is 125 cm³/mol. The van der Waals surface area contributed by atoms with Gasteiger partial charge in [0.25, 0.3) is 0 Å². The number of amides is 3. The van der Waals surface area contributed by atoms with Crippen LogP contribution in [0.4, 0.5) is 20.7 Å². The second kappa shape index (κ2) is 9.66. The molecule has 0 aliphatic carbocycles. The van der Waals surface area contributed by atoms with Gasteiger partial charge in [0.1, 0.15) is 17.2 Å². The first-order valence-corrected chi connectivity index (χ1v) is 10.9. The Morgan fingerprint density at radius 2 is 1.79 bits per heavy atom. The van der Waals surface area contributed by atoms with Crippen LogP contribution in [0.5, 0.6) is 0 Å². The molecular formula is C24H30FN5O4. The van der Waals surface area contributed by atoms with Gasteiger partial charge in [-0.05, 0) is 63.9 Å². The molecule has 34 heavy (non-hydrogen) atoms. The Hall–Kier alpha value is -3.69. The summed E-state index contributed by atoms with van der Waals surface area (Å²) in [7, 11) is 0. The summed E-state index contributed by atoms with van der Waals surface area (Å²) in [5.74, 6) is -1.73. The van der Waals surface area contributed by atoms with E-state index in [0.29, 0.717) is 22.6 Å². The molecule has 1 aromatic heterocycles. The molecule has 10 heteroatoms. The highest BCUT2D eigenvalue weighted by Gasteiger charge is 2.40. The number of ether oxygens (including phenoxy) is 1. The number of benzene rings is 1. The third-order valence-electron chi connectivity index (χ3n) is 5.45. The van der Waals surface area contributed by atoms with Gasteiger partial charge >= 0.3 is 17.9 Å². The number of piperazine rings is 1. The van der Waals surface area contributed by atoms with Gasteiger partial charge in [-0.3, -0.25) is 9.59 Å². The minimum Gasteiger partial charge on any atom is -0.444 e. The van der Waals surface area contributed by atoms with Crippen LogP contribution in [0.15, 0.2) is 36.5 Å². The molecule has 0 radical (unpaired) electrons. The SMILES string of the molecule is Cc1cc(NC(=O)C(=O)N2C[C@@H](C)N(C(=O)OC(C)(C)C)C[C@@H]2c2ccc(F)cc2)cnc1N. The van der Waals surface area contributed by atoms with Crippen LogP contribution in [0.3, 0.4) is 0 Å². The summed E-state index contributed by atoms with van der Waals surface area (Å²) >= 11 is 0. The van der Waals surface area contributed by atoms with Crippen molar-refractivity contribution >= 4 is 29.4 Å². The van der Waals surface area contributed by atoms with Gasteiger partial charge in [-0.1, -0.05) is 12.1 Å². The molecular weight excluding hydrogens is 441 g/mol. The summed E-state index contributed by atoms with van der Waals surface area (Å²) in [6.07, 6.45) is 0.848. The Balaban J connectivity index is 1.86. The minimum absolute atomic E-state index is 0.0866. The number of carbonyl (C=O) groups excluding carboxylic acids is 3. The van der Waals surface area contributed by atoms with Crippen molar-refractivity contribution in [2.75, 3.05) is 24.1 Å². The molecule has 1 fully saturated rings. The van der Waals surface area contributed by atoms with E-state index in [1.54, 1.807) is 40.7 Å². The first-order valence-electron chi connectivity index (χ1n) is 10.9. The molecule has 2 aromatic rings. The Bertz CT molecular complexity index is 1080. The number of aryl methyl sites for hydroxylation is 1. The highest BCUT2D eigenvalue weighted by molar-refractivity contribution is 6.39. The van der Waals surface area contributed by atoms with Gasteiger partial charge in [0.15, 0.2) is 0 Å². The van der Waals surface area contributed by atoms with E-state index in [9.17, 15) is 18.8 Å². The maximum atomic E-state index is 13.5. The molecule has 3 N–H and O–H groups in total. The molecule has 1 aromatic carbocycles. The largest absolute Gasteiger partial charge is 0.444 e. The smallest absolute Gasteiger partial charge is 0.410 e. The number of pyridine rings is 1. The van der Waals surface area contributed by atoms with E-state index in [2.05, 4.69) is 10.3 Å². The molecule has 3 amide bonds. The van der Waals surface area contributed by atoms with Crippen molar-refractivity contribution in [3.05, 3.63) is 53.5 Å². The van der Waals surface area contributed by atoms with Crippen LogP contribution in [0.1, 0.15) is 44.9 Å². The first kappa shape index (κ1) is 24.9. The normalized spacial score (nSPS) is 18.4. The van der Waals surface area contributed by atoms with Gasteiger partial charge in [0.2, 0.25) is 0 Å². The lowest BCUT2D eigenvalue weighted by molar-refractivity contribution is -0.147. The van der Waals surface area contributed by atoms with E-state index in [-0.39, 0.29) is 13.1 Å². The fourth-order valence-electron chi connectivity index (χ4n) is 3.71. The molecule has 2 atom stereocenters. The molecule has 3 rings (SSSR count). The van der Waals surface area contributed by atoms with Crippen molar-refractivity contribution in [1.29, 1.82) is 0 Å². The average Bonchev–Trinajstić information content (AvgIpc) is 2.75. The number of nitrogens with two attached hydrogens (primary N) is 1. The molecule has 9 nitrogen and oxygen atoms in total. The van der Waals surface area contributed by atoms with Gasteiger partial charge in [-0.25, -0.2) is 14.2 Å². The summed E-state index contributed by atoms with van der Waals surface area (Å²) in [5.41, 5.74) is 6.61. The summed E-state index contributed by atoms with van der Waals surface area (Å²) in [5, 5.41) is 2.55. The van der Waals surface area contributed by atoms with Crippen LogP contribution in [-0.4, -0.2) is 57.4 Å². The van der Waals surface area contributed by atoms with E-state index in [1.165, 1.54) is 40.3 Å². The number of halogens is 1. The Morgan fingerprint density at radius 3 is 2.38 bits per heavy atom. The molecule has 2 heterocycles. The lowest BCUT2D eigenvalue weighted by Gasteiger charge is -2.45. The molecule has 1 aliphatic rings. The molecule has 0 unspecified atom stereocenters. The maximum absolute atomic E-state index is 13.5. The van der Waals surface area contributed by atoms with E-state index >= 15 is 0 Å². The van der Waals surface area contributed by atoms with Crippen molar-refractivity contribution in [3.8, 4) is 0 Å². The number of nitrogens with zero attached hydrogens (tertiary/aromatic N) is 3. The van der Waals surface area contributed by atoms with E-state index in [1.807, 2.05) is 0 Å². The number of aromatic nitrogens is 1. The van der Waals surface area contributed by atoms with E-state index in [4.69, 9.17) is 10.5 Å². The molecule has 182 valence electrons. The predicted octanol–water partition coefficient (Wildman–Crippen LogP) is 3.26. The number of carbonyl (C=O) groups is 3. The molecule has 1 saturated heterocycles. The Labute approximate surface area is 198 Å². The van der Waals surface area contributed by atoms with Crippen molar-refractivity contribution in [2.24, 2.45) is 0 Å². The first-order chi connectivity index (χ1) is 15.9. The lowest BCUT2D eigenvalue weighted by atomic mass is 9.99. The highest BCUT2D eigenvalue weighted by atomic mass is 19.1. The molecule has 0 bridgehead atoms. The number of hydrogen-bond acceptors (Lipinski definition) is 6. The summed E-state index contributed by atoms with van der Waals surface area (Å²) in [6, 6.07) is 6.16. The summed E-state index contributed by atoms with van der Waals surface area (Å²) in [6.45, 7) is 8.99. The summed E-state index contributed by atoms with van der Waals surface area (Å²) < 4.78 is 19.1. The standard InChI is InChI=1S/C24H30FN5O4/c1-14-10-18(11-27-20(14)26)28-21(31)22(32)30-12-15(2)29(23(33)34-24(3,4)5)13-19(30)16-6-8-17(25)9-7-16/h6-11,15,19H,12-13H2,1-5H3,(H2,26,27)(H,28,31)/t15-,19-/m1/s1. The van der Waals surface area contributed by atoms with Crippen molar-refractivity contribution in [3.63, 3.8) is 0 Å². The number of anilines is 2. The topological polar surface area (TPSA) is 118 Å². The maximum Gasteiger partial charge on any atom is 0.410 e. The zero-order valence-corrected chi connectivity index (χ0v) is 20.0. The molecule has 0 saturated carbocycles. The number of nitrogen functional groups attached to an aromatic ring is 1. The van der Waals surface area contributed by atoms with Crippen LogP contribution in [-0.2, 0) is 14.3 Å². The van der Waals surface area contributed by atoms with Gasteiger partial charge < -0.3 is 25.6 Å². The van der Waals surface area contributed by atoms with Gasteiger partial charge in [0, 0.05) is 19.1 Å². The fourth-order valence-corrected chi connectivity index (χ4v) is 3.71. The van der Waals surface area contributed by atoms with Crippen LogP contribution in [0, 0.1) is 12.7 Å². The van der Waals surface area contributed by atoms with Crippen molar-refractivity contribution < 1.29 is 23.5 Å². The number of rotatable bonds is 2. The summed E-state index contributed by atoms with van der Waals surface area (Å²) in [4.78, 5) is 45.8. The van der Waals surface area contributed by atoms with Crippen molar-refractivity contribution in [2.45, 2.75) is 52.3 Å². The zero-order valence-electron chi connectivity index (χ0n) is 20.0. The lowest BCUT2D eigenvalue weighted by Crippen LogP contribution is -2.59. The molecule has 0 spiro atoms. The van der Waals surface area contributed by atoms with Crippen LogP contribution < -0.4 is 11.1 Å². The minimum atomic E-state index is -0.851. The van der Waals surface area contributed by atoms with Crippen LogP contribution in [0.25, 0.3) is 0 Å². The van der Waals surface area contributed by atoms with Gasteiger partial charge in [-0.2, -0.15) is 0 Å². The third kappa shape index (κ3) is 5.81. The highest BCUT2D eigenvalue weighted by Crippen LogP contribution is 2.30. The zero-order chi connectivity index (χ0) is 25.2. The molecule has 1 aliphatic heterocycles. The van der Waals surface area contributed by atoms with E-state index < -0.39 is 41.4 Å². The fraction of sp³-hybridized carbons (Fsp3) is 0.417. The monoisotopic (exact) mass is 471 g/mol.